The molecule has 2 nitrogen and oxygen atoms in total. The maximum atomic E-state index is 5.84. The fourth-order valence-electron chi connectivity index (χ4n) is 2.39. The van der Waals surface area contributed by atoms with Gasteiger partial charge in [-0.2, -0.15) is 0 Å². The molecule has 0 aliphatic heterocycles. The minimum Gasteiger partial charge on any atom is -0.456 e. The van der Waals surface area contributed by atoms with E-state index in [4.69, 9.17) is 4.42 Å². The predicted molar refractivity (Wildman–Crippen MR) is 86.1 cm³/mol. The van der Waals surface area contributed by atoms with Gasteiger partial charge in [0, 0.05) is 29.2 Å². The van der Waals surface area contributed by atoms with Crippen LogP contribution in [0.25, 0.3) is 21.9 Å². The Bertz CT molecular complexity index is 811. The minimum atomic E-state index is 0.917. The molecule has 0 atom stereocenters. The summed E-state index contributed by atoms with van der Waals surface area (Å²) in [4.78, 5) is 2.07. The van der Waals surface area contributed by atoms with Crippen molar-refractivity contribution < 1.29 is 4.42 Å². The van der Waals surface area contributed by atoms with Crippen molar-refractivity contribution in [3.8, 4) is 0 Å². The van der Waals surface area contributed by atoms with Gasteiger partial charge in [-0.1, -0.05) is 30.9 Å². The van der Waals surface area contributed by atoms with E-state index in [1.807, 2.05) is 50.4 Å². The lowest BCUT2D eigenvalue weighted by molar-refractivity contribution is 0.669. The van der Waals surface area contributed by atoms with Gasteiger partial charge in [0.15, 0.2) is 0 Å². The van der Waals surface area contributed by atoms with Gasteiger partial charge in [-0.3, -0.25) is 0 Å². The van der Waals surface area contributed by atoms with Crippen LogP contribution in [0.1, 0.15) is 6.92 Å². The summed E-state index contributed by atoms with van der Waals surface area (Å²) in [6, 6.07) is 14.3. The summed E-state index contributed by atoms with van der Waals surface area (Å²) in [5.74, 6) is 0. The summed E-state index contributed by atoms with van der Waals surface area (Å²) in [7, 11) is 2.02. The van der Waals surface area contributed by atoms with E-state index in [0.29, 0.717) is 0 Å². The molecule has 3 rings (SSSR count). The second kappa shape index (κ2) is 4.89. The highest BCUT2D eigenvalue weighted by Crippen LogP contribution is 2.32. The quantitative estimate of drug-likeness (QED) is 0.610. The number of allylic oxidation sites excluding steroid dienone is 2. The first kappa shape index (κ1) is 12.5. The maximum Gasteiger partial charge on any atom is 0.135 e. The van der Waals surface area contributed by atoms with Crippen LogP contribution in [0, 0.1) is 0 Å². The van der Waals surface area contributed by atoms with Crippen molar-refractivity contribution in [1.82, 2.24) is 0 Å². The third-order valence-electron chi connectivity index (χ3n) is 3.54. The van der Waals surface area contributed by atoms with E-state index in [9.17, 15) is 0 Å². The molecule has 0 bridgehead atoms. The average molecular weight is 263 g/mol. The van der Waals surface area contributed by atoms with Gasteiger partial charge in [0.2, 0.25) is 0 Å². The molecule has 0 spiro atoms. The molecule has 1 aromatic heterocycles. The number of hydrogen-bond donors (Lipinski definition) is 0. The topological polar surface area (TPSA) is 16.4 Å². The number of para-hydroxylation sites is 1. The Kier molecular flexibility index (Phi) is 3.07. The van der Waals surface area contributed by atoms with E-state index < -0.39 is 0 Å². The van der Waals surface area contributed by atoms with Crippen molar-refractivity contribution in [1.29, 1.82) is 0 Å². The van der Waals surface area contributed by atoms with Crippen molar-refractivity contribution in [2.24, 2.45) is 0 Å². The van der Waals surface area contributed by atoms with Gasteiger partial charge in [-0.25, -0.2) is 0 Å². The number of benzene rings is 2. The van der Waals surface area contributed by atoms with E-state index >= 15 is 0 Å². The van der Waals surface area contributed by atoms with Gasteiger partial charge >= 0.3 is 0 Å². The first-order valence-corrected chi connectivity index (χ1v) is 6.67. The number of furan rings is 1. The Morgan fingerprint density at radius 2 is 1.85 bits per heavy atom. The van der Waals surface area contributed by atoms with Crippen LogP contribution in [0.4, 0.5) is 5.69 Å². The molecule has 0 saturated carbocycles. The number of rotatable bonds is 3. The summed E-state index contributed by atoms with van der Waals surface area (Å²) in [5, 5.41) is 2.28. The van der Waals surface area contributed by atoms with Gasteiger partial charge in [-0.15, -0.1) is 0 Å². The zero-order chi connectivity index (χ0) is 14.1. The summed E-state index contributed by atoms with van der Waals surface area (Å²) in [5.41, 5.74) is 3.90. The molecule has 0 aliphatic rings. The number of likely N-dealkylation sites (N-methyl/N-ethyl adjacent to an activating group) is 1. The second-order valence-electron chi connectivity index (χ2n) is 4.83. The van der Waals surface area contributed by atoms with Crippen molar-refractivity contribution in [3.05, 3.63) is 66.9 Å². The molecule has 3 aromatic rings. The first-order valence-electron chi connectivity index (χ1n) is 6.67. The van der Waals surface area contributed by atoms with Crippen LogP contribution in [0.5, 0.6) is 0 Å². The molecule has 2 heteroatoms. The average Bonchev–Trinajstić information content (AvgIpc) is 2.84. The zero-order valence-electron chi connectivity index (χ0n) is 11.8. The van der Waals surface area contributed by atoms with Gasteiger partial charge in [0.1, 0.15) is 11.2 Å². The molecule has 0 amide bonds. The molecule has 2 aromatic carbocycles. The highest BCUT2D eigenvalue weighted by molar-refractivity contribution is 6.06. The SMILES string of the molecule is C=C(/C=C\C)N(C)c1ccc2oc3ccccc3c2c1. The monoisotopic (exact) mass is 263 g/mol. The smallest absolute Gasteiger partial charge is 0.135 e. The second-order valence-corrected chi connectivity index (χ2v) is 4.83. The molecule has 0 N–H and O–H groups in total. The molecule has 20 heavy (non-hydrogen) atoms. The van der Waals surface area contributed by atoms with E-state index in [2.05, 4.69) is 29.7 Å². The van der Waals surface area contributed by atoms with E-state index in [1.165, 1.54) is 0 Å². The third kappa shape index (κ3) is 1.99. The van der Waals surface area contributed by atoms with Gasteiger partial charge in [-0.05, 0) is 37.3 Å². The van der Waals surface area contributed by atoms with Crippen LogP contribution in [0.3, 0.4) is 0 Å². The van der Waals surface area contributed by atoms with Crippen LogP contribution in [0.2, 0.25) is 0 Å². The molecular weight excluding hydrogens is 246 g/mol. The molecule has 100 valence electrons. The van der Waals surface area contributed by atoms with E-state index in [1.54, 1.807) is 0 Å². The Morgan fingerprint density at radius 1 is 1.10 bits per heavy atom. The Morgan fingerprint density at radius 3 is 2.65 bits per heavy atom. The van der Waals surface area contributed by atoms with Crippen molar-refractivity contribution in [2.45, 2.75) is 6.92 Å². The molecule has 0 aliphatic carbocycles. The molecule has 0 saturated heterocycles. The van der Waals surface area contributed by atoms with Crippen molar-refractivity contribution in [3.63, 3.8) is 0 Å². The Labute approximate surface area is 118 Å². The fourth-order valence-corrected chi connectivity index (χ4v) is 2.39. The molecule has 0 radical (unpaired) electrons. The van der Waals surface area contributed by atoms with E-state index in [0.717, 1.165) is 33.3 Å². The predicted octanol–water partition coefficient (Wildman–Crippen LogP) is 5.11. The molecule has 1 heterocycles. The van der Waals surface area contributed by atoms with Crippen LogP contribution in [-0.2, 0) is 0 Å². The Hall–Kier alpha value is -2.48. The zero-order valence-corrected chi connectivity index (χ0v) is 11.8. The summed E-state index contributed by atoms with van der Waals surface area (Å²) in [6.45, 7) is 6.06. The highest BCUT2D eigenvalue weighted by Gasteiger charge is 2.09. The number of fused-ring (bicyclic) bond motifs is 3. The van der Waals surface area contributed by atoms with Gasteiger partial charge in [0.25, 0.3) is 0 Å². The number of nitrogens with zero attached hydrogens (tertiary/aromatic N) is 1. The maximum absolute atomic E-state index is 5.84. The van der Waals surface area contributed by atoms with Crippen LogP contribution >= 0.6 is 0 Å². The van der Waals surface area contributed by atoms with Crippen molar-refractivity contribution >= 4 is 27.6 Å². The lowest BCUT2D eigenvalue weighted by atomic mass is 10.1. The molecular formula is C18H17NO. The lowest BCUT2D eigenvalue weighted by Crippen LogP contribution is -2.13. The van der Waals surface area contributed by atoms with Crippen LogP contribution < -0.4 is 4.90 Å². The molecule has 0 fully saturated rings. The summed E-state index contributed by atoms with van der Waals surface area (Å²) < 4.78 is 5.84. The third-order valence-corrected chi connectivity index (χ3v) is 3.54. The molecule has 0 unspecified atom stereocenters. The normalized spacial score (nSPS) is 11.5. The fraction of sp³-hybridized carbons (Fsp3) is 0.111. The Balaban J connectivity index is 2.14. The highest BCUT2D eigenvalue weighted by atomic mass is 16.3. The number of hydrogen-bond acceptors (Lipinski definition) is 2. The minimum absolute atomic E-state index is 0.917. The van der Waals surface area contributed by atoms with Crippen LogP contribution in [-0.4, -0.2) is 7.05 Å². The lowest BCUT2D eigenvalue weighted by Gasteiger charge is -2.19. The van der Waals surface area contributed by atoms with Crippen LogP contribution in [0.15, 0.2) is 71.3 Å². The standard InChI is InChI=1S/C18H17NO/c1-4-7-13(2)19(3)14-10-11-18-16(12-14)15-8-5-6-9-17(15)20-18/h4-12H,2H2,1,3H3/b7-4-. The summed E-state index contributed by atoms with van der Waals surface area (Å²) >= 11 is 0. The number of anilines is 1. The van der Waals surface area contributed by atoms with E-state index in [-0.39, 0.29) is 0 Å². The van der Waals surface area contributed by atoms with Gasteiger partial charge in [0.05, 0.1) is 0 Å². The summed E-state index contributed by atoms with van der Waals surface area (Å²) in [6.07, 6.45) is 3.99. The first-order chi connectivity index (χ1) is 9.70. The largest absolute Gasteiger partial charge is 0.456 e. The van der Waals surface area contributed by atoms with Crippen molar-refractivity contribution in [2.75, 3.05) is 11.9 Å². The van der Waals surface area contributed by atoms with Gasteiger partial charge < -0.3 is 9.32 Å².